The van der Waals surface area contributed by atoms with E-state index in [2.05, 4.69) is 9.97 Å². The van der Waals surface area contributed by atoms with Gasteiger partial charge in [0.25, 0.3) is 0 Å². The maximum atomic E-state index is 13.5. The van der Waals surface area contributed by atoms with Crippen LogP contribution in [0.2, 0.25) is 0 Å². The van der Waals surface area contributed by atoms with Gasteiger partial charge in [-0.05, 0) is 37.0 Å². The van der Waals surface area contributed by atoms with Gasteiger partial charge in [0.15, 0.2) is 11.6 Å². The molecule has 0 N–H and O–H groups in total. The van der Waals surface area contributed by atoms with Crippen molar-refractivity contribution in [3.63, 3.8) is 0 Å². The van der Waals surface area contributed by atoms with Gasteiger partial charge in [0, 0.05) is 16.0 Å². The molecule has 2 heterocycles. The molecule has 2 aromatic heterocycles. The first-order valence-electron chi connectivity index (χ1n) is 7.58. The van der Waals surface area contributed by atoms with E-state index in [0.29, 0.717) is 12.4 Å². The first kappa shape index (κ1) is 14.9. The van der Waals surface area contributed by atoms with Crippen LogP contribution in [-0.4, -0.2) is 22.3 Å². The summed E-state index contributed by atoms with van der Waals surface area (Å²) >= 11 is 3.45. The highest BCUT2D eigenvalue weighted by Crippen LogP contribution is 2.39. The largest absolute Gasteiger partial charge is 0.490 e. The molecule has 1 aliphatic rings. The number of rotatable bonds is 5. The molecule has 3 nitrogen and oxygen atoms in total. The third kappa shape index (κ3) is 2.93. The Morgan fingerprint density at radius 2 is 2.13 bits per heavy atom. The number of thioether (sulfide) groups is 1. The summed E-state index contributed by atoms with van der Waals surface area (Å²) in [5.74, 6) is 0.709. The van der Waals surface area contributed by atoms with Gasteiger partial charge < -0.3 is 4.74 Å². The molecule has 0 spiro atoms. The molecule has 4 rings (SSSR count). The SMILES string of the molecule is Fc1ccccc1OCCSc1ncnc2sc3c(c12)CCC3. The molecular weight excluding hydrogens is 331 g/mol. The fourth-order valence-corrected chi connectivity index (χ4v) is 5.00. The van der Waals surface area contributed by atoms with Crippen LogP contribution in [0.1, 0.15) is 16.9 Å². The Morgan fingerprint density at radius 1 is 1.22 bits per heavy atom. The predicted octanol–water partition coefficient (Wildman–Crippen LogP) is 4.49. The van der Waals surface area contributed by atoms with E-state index in [0.717, 1.165) is 28.5 Å². The first-order valence-corrected chi connectivity index (χ1v) is 9.38. The Labute approximate surface area is 141 Å². The highest BCUT2D eigenvalue weighted by molar-refractivity contribution is 7.99. The van der Waals surface area contributed by atoms with Crippen molar-refractivity contribution in [1.29, 1.82) is 0 Å². The number of fused-ring (bicyclic) bond motifs is 3. The minimum atomic E-state index is -0.322. The minimum absolute atomic E-state index is 0.303. The Bertz CT molecular complexity index is 850. The summed E-state index contributed by atoms with van der Waals surface area (Å²) < 4.78 is 19.0. The maximum Gasteiger partial charge on any atom is 0.165 e. The number of nitrogens with zero attached hydrogens (tertiary/aromatic N) is 2. The number of halogens is 1. The predicted molar refractivity (Wildman–Crippen MR) is 92.1 cm³/mol. The second-order valence-electron chi connectivity index (χ2n) is 5.34. The third-order valence-corrected chi connectivity index (χ3v) is 6.04. The van der Waals surface area contributed by atoms with E-state index in [1.54, 1.807) is 47.6 Å². The van der Waals surface area contributed by atoms with Crippen molar-refractivity contribution in [3.8, 4) is 5.75 Å². The molecule has 118 valence electrons. The topological polar surface area (TPSA) is 35.0 Å². The number of aryl methyl sites for hydroxylation is 2. The summed E-state index contributed by atoms with van der Waals surface area (Å²) in [6.45, 7) is 0.448. The van der Waals surface area contributed by atoms with Crippen molar-refractivity contribution < 1.29 is 9.13 Å². The number of aromatic nitrogens is 2. The lowest BCUT2D eigenvalue weighted by molar-refractivity contribution is 0.325. The molecule has 6 heteroatoms. The molecule has 0 atom stereocenters. The highest BCUT2D eigenvalue weighted by atomic mass is 32.2. The minimum Gasteiger partial charge on any atom is -0.490 e. The molecule has 0 unspecified atom stereocenters. The van der Waals surface area contributed by atoms with Gasteiger partial charge in [-0.25, -0.2) is 14.4 Å². The van der Waals surface area contributed by atoms with Crippen LogP contribution in [0.15, 0.2) is 35.6 Å². The van der Waals surface area contributed by atoms with Crippen LogP contribution in [0.25, 0.3) is 10.2 Å². The smallest absolute Gasteiger partial charge is 0.165 e. The van der Waals surface area contributed by atoms with Crippen LogP contribution >= 0.6 is 23.1 Å². The molecule has 23 heavy (non-hydrogen) atoms. The summed E-state index contributed by atoms with van der Waals surface area (Å²) in [5, 5.41) is 2.24. The Balaban J connectivity index is 1.45. The zero-order chi connectivity index (χ0) is 15.6. The molecule has 3 aromatic rings. The number of benzene rings is 1. The molecule has 1 aromatic carbocycles. The van der Waals surface area contributed by atoms with Gasteiger partial charge in [0.05, 0.1) is 6.61 Å². The molecule has 1 aliphatic carbocycles. The Hall–Kier alpha value is -1.66. The molecule has 0 bridgehead atoms. The van der Waals surface area contributed by atoms with E-state index in [9.17, 15) is 4.39 Å². The van der Waals surface area contributed by atoms with E-state index >= 15 is 0 Å². The van der Waals surface area contributed by atoms with Gasteiger partial charge >= 0.3 is 0 Å². The summed E-state index contributed by atoms with van der Waals surface area (Å²) in [7, 11) is 0. The van der Waals surface area contributed by atoms with Gasteiger partial charge in [0.1, 0.15) is 16.2 Å². The summed E-state index contributed by atoms with van der Waals surface area (Å²) in [6, 6.07) is 6.49. The Kier molecular flexibility index (Phi) is 4.18. The molecule has 0 aliphatic heterocycles. The van der Waals surface area contributed by atoms with Crippen LogP contribution in [0, 0.1) is 5.82 Å². The number of hydrogen-bond donors (Lipinski definition) is 0. The molecule has 0 saturated carbocycles. The van der Waals surface area contributed by atoms with Crippen molar-refractivity contribution in [3.05, 3.63) is 46.9 Å². The van der Waals surface area contributed by atoms with Crippen LogP contribution in [0.3, 0.4) is 0 Å². The molecule has 0 amide bonds. The van der Waals surface area contributed by atoms with E-state index in [4.69, 9.17) is 4.74 Å². The lowest BCUT2D eigenvalue weighted by Crippen LogP contribution is -2.02. The number of para-hydroxylation sites is 1. The zero-order valence-electron chi connectivity index (χ0n) is 12.4. The number of ether oxygens (including phenoxy) is 1. The van der Waals surface area contributed by atoms with E-state index in [1.165, 1.54) is 28.3 Å². The van der Waals surface area contributed by atoms with Gasteiger partial charge in [-0.2, -0.15) is 0 Å². The summed E-state index contributed by atoms with van der Waals surface area (Å²) in [4.78, 5) is 11.4. The van der Waals surface area contributed by atoms with Crippen LogP contribution in [0.4, 0.5) is 4.39 Å². The second-order valence-corrected chi connectivity index (χ2v) is 7.51. The third-order valence-electron chi connectivity index (χ3n) is 3.88. The van der Waals surface area contributed by atoms with E-state index < -0.39 is 0 Å². The van der Waals surface area contributed by atoms with Crippen LogP contribution in [-0.2, 0) is 12.8 Å². The van der Waals surface area contributed by atoms with E-state index in [1.807, 2.05) is 0 Å². The lowest BCUT2D eigenvalue weighted by atomic mass is 10.2. The van der Waals surface area contributed by atoms with E-state index in [-0.39, 0.29) is 5.82 Å². The van der Waals surface area contributed by atoms with Crippen LogP contribution in [0.5, 0.6) is 5.75 Å². The Morgan fingerprint density at radius 3 is 3.04 bits per heavy atom. The standard InChI is InChI=1S/C17H15FN2OS2/c18-12-5-1-2-6-13(12)21-8-9-22-16-15-11-4-3-7-14(11)23-17(15)20-10-19-16/h1-2,5-6,10H,3-4,7-9H2. The van der Waals surface area contributed by atoms with Crippen molar-refractivity contribution in [2.24, 2.45) is 0 Å². The maximum absolute atomic E-state index is 13.5. The van der Waals surface area contributed by atoms with Gasteiger partial charge in [0.2, 0.25) is 0 Å². The van der Waals surface area contributed by atoms with Gasteiger partial charge in [-0.1, -0.05) is 12.1 Å². The summed E-state index contributed by atoms with van der Waals surface area (Å²) in [5.41, 5.74) is 1.43. The monoisotopic (exact) mass is 346 g/mol. The summed E-state index contributed by atoms with van der Waals surface area (Å²) in [6.07, 6.45) is 5.15. The zero-order valence-corrected chi connectivity index (χ0v) is 14.1. The first-order chi connectivity index (χ1) is 11.3. The fourth-order valence-electron chi connectivity index (χ4n) is 2.86. The molecular formula is C17H15FN2OS2. The lowest BCUT2D eigenvalue weighted by Gasteiger charge is -2.07. The van der Waals surface area contributed by atoms with Gasteiger partial charge in [-0.3, -0.25) is 0 Å². The van der Waals surface area contributed by atoms with Crippen molar-refractivity contribution in [2.75, 3.05) is 12.4 Å². The second kappa shape index (κ2) is 6.45. The molecule has 0 saturated heterocycles. The molecule has 0 radical (unpaired) electrons. The number of thiophene rings is 1. The highest BCUT2D eigenvalue weighted by Gasteiger charge is 2.21. The van der Waals surface area contributed by atoms with Crippen molar-refractivity contribution in [2.45, 2.75) is 24.3 Å². The van der Waals surface area contributed by atoms with Crippen molar-refractivity contribution >= 4 is 33.3 Å². The average Bonchev–Trinajstić information content (AvgIpc) is 3.14. The quantitative estimate of drug-likeness (QED) is 0.387. The van der Waals surface area contributed by atoms with Crippen molar-refractivity contribution in [1.82, 2.24) is 9.97 Å². The average molecular weight is 346 g/mol. The van der Waals surface area contributed by atoms with Gasteiger partial charge in [-0.15, -0.1) is 23.1 Å². The van der Waals surface area contributed by atoms with Crippen LogP contribution < -0.4 is 4.74 Å². The molecule has 0 fully saturated rings. The number of hydrogen-bond acceptors (Lipinski definition) is 5. The normalized spacial score (nSPS) is 13.4. The fraction of sp³-hybridized carbons (Fsp3) is 0.294.